The topological polar surface area (TPSA) is 90.3 Å². The molecule has 3 aromatic rings. The van der Waals surface area contributed by atoms with Crippen molar-refractivity contribution in [3.05, 3.63) is 99.5 Å². The quantitative estimate of drug-likeness (QED) is 0.394. The number of aromatic nitrogens is 1. The van der Waals surface area contributed by atoms with Crippen LogP contribution in [-0.4, -0.2) is 67.3 Å². The summed E-state index contributed by atoms with van der Waals surface area (Å²) in [6, 6.07) is 19.0. The Hall–Kier alpha value is -3.95. The fraction of sp³-hybridized carbons (Fsp3) is 0.321. The molecule has 2 aromatic carbocycles. The van der Waals surface area contributed by atoms with Gasteiger partial charge in [-0.1, -0.05) is 60.7 Å². The van der Waals surface area contributed by atoms with E-state index in [4.69, 9.17) is 14.3 Å². The van der Waals surface area contributed by atoms with Crippen molar-refractivity contribution >= 4 is 11.8 Å². The zero-order valence-electron chi connectivity index (χ0n) is 21.3. The van der Waals surface area contributed by atoms with E-state index in [2.05, 4.69) is 0 Å². The number of pyridine rings is 1. The van der Waals surface area contributed by atoms with Gasteiger partial charge in [-0.3, -0.25) is 19.2 Å². The summed E-state index contributed by atoms with van der Waals surface area (Å²) in [4.78, 5) is 47.1. The third-order valence-corrected chi connectivity index (χ3v) is 6.40. The van der Waals surface area contributed by atoms with E-state index in [9.17, 15) is 14.4 Å². The molecule has 1 aliphatic rings. The number of hydroxylamine groups is 2. The lowest BCUT2D eigenvalue weighted by atomic mass is 10.0. The zero-order chi connectivity index (χ0) is 26.4. The van der Waals surface area contributed by atoms with E-state index in [0.29, 0.717) is 26.1 Å². The molecule has 0 saturated heterocycles. The highest BCUT2D eigenvalue weighted by molar-refractivity contribution is 5.99. The zero-order valence-corrected chi connectivity index (χ0v) is 21.3. The van der Waals surface area contributed by atoms with Gasteiger partial charge in [0, 0.05) is 33.4 Å². The Bertz CT molecular complexity index is 1290. The van der Waals surface area contributed by atoms with Gasteiger partial charge in [0.1, 0.15) is 12.2 Å². The number of hydrogen-bond acceptors (Lipinski definition) is 6. The number of benzene rings is 2. The summed E-state index contributed by atoms with van der Waals surface area (Å²) in [5.41, 5.74) is 1.23. The molecule has 2 heterocycles. The lowest BCUT2D eigenvalue weighted by Crippen LogP contribution is -2.47. The van der Waals surface area contributed by atoms with Gasteiger partial charge in [0.15, 0.2) is 11.4 Å². The standard InChI is InChI=1S/C28H31N3O6/c1-29(36-3)27(33)23-18-31-22(16-20-10-6-4-7-11-20)17-30(14-15-35-2)28(34)24(31)26(25(23)32)37-19-21-12-8-5-9-13-21/h4-13,18,22H,14-17,19H2,1-3H3. The van der Waals surface area contributed by atoms with Gasteiger partial charge in [-0.05, 0) is 17.5 Å². The van der Waals surface area contributed by atoms with Crippen LogP contribution in [0.2, 0.25) is 0 Å². The first kappa shape index (κ1) is 26.1. The largest absolute Gasteiger partial charge is 0.483 e. The van der Waals surface area contributed by atoms with Gasteiger partial charge in [0.25, 0.3) is 11.8 Å². The number of carbonyl (C=O) groups excluding carboxylic acids is 2. The molecule has 1 aliphatic heterocycles. The Morgan fingerprint density at radius 3 is 2.27 bits per heavy atom. The van der Waals surface area contributed by atoms with Crippen molar-refractivity contribution in [2.75, 3.05) is 41.0 Å². The molecule has 9 heteroatoms. The monoisotopic (exact) mass is 505 g/mol. The molecule has 9 nitrogen and oxygen atoms in total. The Labute approximate surface area is 215 Å². The smallest absolute Gasteiger partial charge is 0.282 e. The molecule has 37 heavy (non-hydrogen) atoms. The lowest BCUT2D eigenvalue weighted by molar-refractivity contribution is -0.0758. The van der Waals surface area contributed by atoms with Gasteiger partial charge >= 0.3 is 0 Å². The predicted molar refractivity (Wildman–Crippen MR) is 138 cm³/mol. The molecule has 1 atom stereocenters. The summed E-state index contributed by atoms with van der Waals surface area (Å²) >= 11 is 0. The molecule has 0 N–H and O–H groups in total. The van der Waals surface area contributed by atoms with Crippen LogP contribution < -0.4 is 10.2 Å². The van der Waals surface area contributed by atoms with Crippen LogP contribution in [0.5, 0.6) is 5.75 Å². The Morgan fingerprint density at radius 2 is 1.65 bits per heavy atom. The molecule has 0 radical (unpaired) electrons. The van der Waals surface area contributed by atoms with Crippen molar-refractivity contribution in [1.82, 2.24) is 14.5 Å². The van der Waals surface area contributed by atoms with Crippen LogP contribution in [-0.2, 0) is 22.6 Å². The first-order chi connectivity index (χ1) is 17.9. The first-order valence-corrected chi connectivity index (χ1v) is 12.0. The summed E-state index contributed by atoms with van der Waals surface area (Å²) in [5.74, 6) is -1.12. The molecule has 2 amide bonds. The Kier molecular flexibility index (Phi) is 8.37. The van der Waals surface area contributed by atoms with Crippen LogP contribution in [0.25, 0.3) is 0 Å². The number of nitrogens with zero attached hydrogens (tertiary/aromatic N) is 3. The van der Waals surface area contributed by atoms with Gasteiger partial charge in [-0.2, -0.15) is 0 Å². The molecule has 1 aromatic heterocycles. The maximum Gasteiger partial charge on any atom is 0.282 e. The molecule has 194 valence electrons. The third kappa shape index (κ3) is 5.73. The second-order valence-corrected chi connectivity index (χ2v) is 8.80. The summed E-state index contributed by atoms with van der Waals surface area (Å²) in [7, 11) is 4.35. The van der Waals surface area contributed by atoms with E-state index >= 15 is 0 Å². The first-order valence-electron chi connectivity index (χ1n) is 12.0. The maximum absolute atomic E-state index is 13.7. The van der Waals surface area contributed by atoms with Crippen molar-refractivity contribution in [3.63, 3.8) is 0 Å². The number of carbonyl (C=O) groups is 2. The molecule has 0 spiro atoms. The minimum Gasteiger partial charge on any atom is -0.483 e. The van der Waals surface area contributed by atoms with E-state index in [1.165, 1.54) is 20.4 Å². The average Bonchev–Trinajstić information content (AvgIpc) is 2.93. The summed E-state index contributed by atoms with van der Waals surface area (Å²) in [6.07, 6.45) is 2.05. The van der Waals surface area contributed by atoms with Crippen molar-refractivity contribution in [3.8, 4) is 5.75 Å². The molecule has 4 rings (SSSR count). The van der Waals surface area contributed by atoms with Crippen LogP contribution in [0, 0.1) is 0 Å². The minimum absolute atomic E-state index is 0.0650. The molecule has 1 unspecified atom stereocenters. The molecule has 0 bridgehead atoms. The van der Waals surface area contributed by atoms with Crippen molar-refractivity contribution in [1.29, 1.82) is 0 Å². The van der Waals surface area contributed by atoms with Gasteiger partial charge in [0.05, 0.1) is 19.8 Å². The average molecular weight is 506 g/mol. The van der Waals surface area contributed by atoms with Crippen LogP contribution in [0.4, 0.5) is 0 Å². The highest BCUT2D eigenvalue weighted by Gasteiger charge is 2.36. The minimum atomic E-state index is -0.656. The number of ether oxygens (including phenoxy) is 2. The number of fused-ring (bicyclic) bond motifs is 1. The second kappa shape index (κ2) is 11.9. The molecular formula is C28H31N3O6. The maximum atomic E-state index is 13.7. The van der Waals surface area contributed by atoms with Gasteiger partial charge in [-0.25, -0.2) is 5.06 Å². The molecule has 0 aliphatic carbocycles. The molecule has 0 fully saturated rings. The highest BCUT2D eigenvalue weighted by atomic mass is 16.7. The number of rotatable bonds is 10. The Morgan fingerprint density at radius 1 is 1.00 bits per heavy atom. The van der Waals surface area contributed by atoms with E-state index in [0.717, 1.165) is 16.2 Å². The molecular weight excluding hydrogens is 474 g/mol. The van der Waals surface area contributed by atoms with Crippen LogP contribution >= 0.6 is 0 Å². The van der Waals surface area contributed by atoms with Gasteiger partial charge in [-0.15, -0.1) is 0 Å². The summed E-state index contributed by atoms with van der Waals surface area (Å²) in [6.45, 7) is 1.16. The van der Waals surface area contributed by atoms with Gasteiger partial charge < -0.3 is 18.9 Å². The van der Waals surface area contributed by atoms with Crippen LogP contribution in [0.1, 0.15) is 38.0 Å². The SMILES string of the molecule is COCCN1CC(Cc2ccccc2)n2cc(C(=O)N(C)OC)c(=O)c(OCc3ccccc3)c2C1=O. The van der Waals surface area contributed by atoms with Crippen molar-refractivity contribution in [2.24, 2.45) is 0 Å². The fourth-order valence-corrected chi connectivity index (χ4v) is 4.39. The highest BCUT2D eigenvalue weighted by Crippen LogP contribution is 2.30. The van der Waals surface area contributed by atoms with Crippen molar-refractivity contribution in [2.45, 2.75) is 19.1 Å². The van der Waals surface area contributed by atoms with Crippen LogP contribution in [0.3, 0.4) is 0 Å². The third-order valence-electron chi connectivity index (χ3n) is 6.40. The normalized spacial score (nSPS) is 14.8. The fourth-order valence-electron chi connectivity index (χ4n) is 4.39. The predicted octanol–water partition coefficient (Wildman–Crippen LogP) is 2.95. The Balaban J connectivity index is 1.86. The summed E-state index contributed by atoms with van der Waals surface area (Å²) < 4.78 is 13.0. The molecule has 0 saturated carbocycles. The number of methoxy groups -OCH3 is 1. The van der Waals surface area contributed by atoms with Crippen LogP contribution in [0.15, 0.2) is 71.7 Å². The van der Waals surface area contributed by atoms with E-state index in [-0.39, 0.29) is 35.6 Å². The van der Waals surface area contributed by atoms with Crippen molar-refractivity contribution < 1.29 is 23.9 Å². The number of hydrogen-bond donors (Lipinski definition) is 0. The lowest BCUT2D eigenvalue weighted by Gasteiger charge is -2.37. The van der Waals surface area contributed by atoms with E-state index < -0.39 is 11.3 Å². The summed E-state index contributed by atoms with van der Waals surface area (Å²) in [5, 5.41) is 0.979. The second-order valence-electron chi connectivity index (χ2n) is 8.80. The van der Waals surface area contributed by atoms with E-state index in [1.807, 2.05) is 60.7 Å². The number of amides is 2. The van der Waals surface area contributed by atoms with Gasteiger partial charge in [0.2, 0.25) is 5.43 Å². The van der Waals surface area contributed by atoms with E-state index in [1.54, 1.807) is 16.6 Å².